The van der Waals surface area contributed by atoms with Crippen LogP contribution in [0, 0.1) is 94.9 Å². The highest BCUT2D eigenvalue weighted by Crippen LogP contribution is 2.55. The minimum Gasteiger partial charge on any atom is -0.0757 e. The highest BCUT2D eigenvalue weighted by Gasteiger charge is 2.43. The van der Waals surface area contributed by atoms with Crippen molar-refractivity contribution in [2.75, 3.05) is 0 Å². The van der Waals surface area contributed by atoms with E-state index in [1.54, 1.807) is 5.56 Å². The van der Waals surface area contributed by atoms with Crippen molar-refractivity contribution in [3.05, 3.63) is 271 Å². The number of benzene rings is 9. The fourth-order valence-electron chi connectivity index (χ4n) is 14.6. The molecule has 0 heterocycles. The van der Waals surface area contributed by atoms with Crippen LogP contribution >= 0.6 is 0 Å². The Hall–Kier alpha value is -7.15. The molecule has 1 aliphatic carbocycles. The molecule has 0 saturated heterocycles. The summed E-state index contributed by atoms with van der Waals surface area (Å²) in [5.41, 5.74) is 35.7. The summed E-state index contributed by atoms with van der Waals surface area (Å²) < 4.78 is 0. The van der Waals surface area contributed by atoms with E-state index in [2.05, 4.69) is 300 Å². The normalized spacial score (nSPS) is 13.7. The van der Waals surface area contributed by atoms with Crippen molar-refractivity contribution < 1.29 is 0 Å². The molecule has 0 aliphatic heterocycles. The Morgan fingerprint density at radius 1 is 0.464 bits per heavy atom. The van der Waals surface area contributed by atoms with E-state index in [9.17, 15) is 0 Å². The minimum atomic E-state index is 0.0928. The van der Waals surface area contributed by atoms with Gasteiger partial charge in [0.1, 0.15) is 0 Å². The van der Waals surface area contributed by atoms with E-state index < -0.39 is 0 Å². The molecule has 0 aromatic heterocycles. The Morgan fingerprint density at radius 2 is 0.857 bits per heavy atom. The lowest BCUT2D eigenvalue weighted by Crippen LogP contribution is -2.55. The smallest absolute Gasteiger partial charge is 0.0757 e. The summed E-state index contributed by atoms with van der Waals surface area (Å²) >= 11 is 0. The highest BCUT2D eigenvalue weighted by atomic mass is 14.5. The summed E-state index contributed by atoms with van der Waals surface area (Å²) in [4.78, 5) is 0. The van der Waals surface area contributed by atoms with Gasteiger partial charge < -0.3 is 0 Å². The second-order valence-electron chi connectivity index (χ2n) is 26.5. The Labute approximate surface area is 509 Å². The van der Waals surface area contributed by atoms with Gasteiger partial charge in [-0.25, -0.2) is 0 Å². The first-order chi connectivity index (χ1) is 40.2. The lowest BCUT2D eigenvalue weighted by molar-refractivity contribution is 0.301. The van der Waals surface area contributed by atoms with E-state index in [-0.39, 0.29) is 12.1 Å². The van der Waals surface area contributed by atoms with Crippen LogP contribution in [0.5, 0.6) is 0 Å². The zero-order valence-electron chi connectivity index (χ0n) is 53.9. The van der Waals surface area contributed by atoms with Crippen LogP contribution in [-0.4, -0.2) is 14.0 Å². The van der Waals surface area contributed by atoms with Gasteiger partial charge in [0, 0.05) is 5.92 Å². The van der Waals surface area contributed by atoms with Crippen molar-refractivity contribution in [3.8, 4) is 22.3 Å². The van der Waals surface area contributed by atoms with Crippen molar-refractivity contribution in [3.63, 3.8) is 0 Å². The molecule has 0 saturated carbocycles. The van der Waals surface area contributed by atoms with E-state index in [4.69, 9.17) is 0 Å². The number of hydrogen-bond acceptors (Lipinski definition) is 0. The van der Waals surface area contributed by atoms with Gasteiger partial charge >= 0.3 is 0 Å². The molecule has 9 aromatic carbocycles. The number of hydrogen-bond donors (Lipinski definition) is 0. The average Bonchev–Trinajstić information content (AvgIpc) is 1.85. The molecule has 1 unspecified atom stereocenters. The summed E-state index contributed by atoms with van der Waals surface area (Å²) in [6, 6.07) is 67.1. The minimum absolute atomic E-state index is 0.0928. The van der Waals surface area contributed by atoms with Crippen LogP contribution in [0.2, 0.25) is 0 Å². The van der Waals surface area contributed by atoms with Crippen molar-refractivity contribution in [2.45, 2.75) is 161 Å². The Morgan fingerprint density at radius 3 is 1.30 bits per heavy atom. The van der Waals surface area contributed by atoms with Gasteiger partial charge in [0.2, 0.25) is 6.71 Å². The van der Waals surface area contributed by atoms with Gasteiger partial charge in [-0.1, -0.05) is 304 Å². The first kappa shape index (κ1) is 61.4. The third kappa shape index (κ3) is 14.2. The van der Waals surface area contributed by atoms with E-state index in [0.29, 0.717) is 17.8 Å². The molecule has 1 radical (unpaired) electrons. The summed E-state index contributed by atoms with van der Waals surface area (Å²) in [5.74, 6) is 1.60. The molecular formula is C82H93B2. The van der Waals surface area contributed by atoms with Gasteiger partial charge in [-0.05, 0) is 188 Å². The van der Waals surface area contributed by atoms with Crippen molar-refractivity contribution in [1.82, 2.24) is 0 Å². The van der Waals surface area contributed by atoms with E-state index in [1.165, 1.54) is 164 Å². The monoisotopic (exact) mass is 1100 g/mol. The standard InChI is InChI=1S/C64H71B.C18H22B/c1-43(2)30-32-64(33-31-44(3)4)42-56(39-55(52-22-16-12-17-23-52)38-51-20-14-11-15-21-51)60-40-58(53-24-18-13-19-25-53)59(41-61(60)64)54-26-28-57(29-27-54)65(62-47(7)34-45(5)35-48(62)8)63-49(9)36-46(6)37-50(63)10;1-11-7-13(3)17(14(4)8-11)19-18-15(5)9-12(2)10-16(18)6/h11-29,34-37,39-41,43-44,56H,30-33,38,42H2,1-10H3;7-10H,1-6H3/b55-39+;. The number of fused-ring (bicyclic) bond motifs is 1. The first-order valence-electron chi connectivity index (χ1n) is 31.5. The zero-order chi connectivity index (χ0) is 60.0. The maximum Gasteiger partial charge on any atom is 0.242 e. The lowest BCUT2D eigenvalue weighted by Gasteiger charge is -2.33. The summed E-state index contributed by atoms with van der Waals surface area (Å²) in [6.45, 7) is 36.6. The van der Waals surface area contributed by atoms with Crippen LogP contribution in [0.25, 0.3) is 27.8 Å². The summed E-state index contributed by atoms with van der Waals surface area (Å²) in [5, 5.41) is 0. The van der Waals surface area contributed by atoms with Crippen LogP contribution in [0.1, 0.15) is 155 Å². The average molecular weight is 1100 g/mol. The second-order valence-corrected chi connectivity index (χ2v) is 26.5. The van der Waals surface area contributed by atoms with Crippen LogP contribution in [-0.2, 0) is 11.8 Å². The summed E-state index contributed by atoms with van der Waals surface area (Å²) in [7, 11) is 2.34. The number of aryl methyl sites for hydroxylation is 12. The predicted molar refractivity (Wildman–Crippen MR) is 371 cm³/mol. The van der Waals surface area contributed by atoms with Crippen molar-refractivity contribution in [1.29, 1.82) is 0 Å². The van der Waals surface area contributed by atoms with Crippen LogP contribution in [0.3, 0.4) is 0 Å². The van der Waals surface area contributed by atoms with Gasteiger partial charge in [0.05, 0.1) is 0 Å². The van der Waals surface area contributed by atoms with Crippen molar-refractivity contribution in [2.24, 2.45) is 11.8 Å². The van der Waals surface area contributed by atoms with Crippen LogP contribution < -0.4 is 27.3 Å². The molecule has 10 rings (SSSR count). The van der Waals surface area contributed by atoms with Gasteiger partial charge in [-0.15, -0.1) is 0 Å². The van der Waals surface area contributed by atoms with Gasteiger partial charge in [0.15, 0.2) is 7.28 Å². The maximum atomic E-state index is 2.68. The fraction of sp³-hybridized carbons (Fsp3) is 0.317. The van der Waals surface area contributed by atoms with Gasteiger partial charge in [-0.2, -0.15) is 0 Å². The molecule has 0 spiro atoms. The molecule has 2 heteroatoms. The van der Waals surface area contributed by atoms with Gasteiger partial charge in [-0.3, -0.25) is 0 Å². The van der Waals surface area contributed by atoms with E-state index >= 15 is 0 Å². The first-order valence-corrected chi connectivity index (χ1v) is 31.5. The fourth-order valence-corrected chi connectivity index (χ4v) is 14.6. The Kier molecular flexibility index (Phi) is 19.6. The number of rotatable bonds is 17. The maximum absolute atomic E-state index is 2.68. The van der Waals surface area contributed by atoms with Crippen LogP contribution in [0.4, 0.5) is 0 Å². The zero-order valence-corrected chi connectivity index (χ0v) is 53.9. The Bertz CT molecular complexity index is 3540. The molecule has 0 nitrogen and oxygen atoms in total. The summed E-state index contributed by atoms with van der Waals surface area (Å²) in [6.07, 6.45) is 9.63. The molecular weight excluding hydrogens is 1010 g/mol. The highest BCUT2D eigenvalue weighted by molar-refractivity contribution is 6.96. The van der Waals surface area contributed by atoms with E-state index in [1.807, 2.05) is 0 Å². The third-order valence-electron chi connectivity index (χ3n) is 18.4. The second kappa shape index (κ2) is 26.8. The lowest BCUT2D eigenvalue weighted by atomic mass is 9.34. The molecule has 1 aliphatic rings. The largest absolute Gasteiger partial charge is 0.242 e. The van der Waals surface area contributed by atoms with Crippen LogP contribution in [0.15, 0.2) is 182 Å². The van der Waals surface area contributed by atoms with Crippen molar-refractivity contribution >= 4 is 46.9 Å². The molecule has 427 valence electrons. The SMILES string of the molecule is Cc1cc(C)c(B(c2ccc(-c3cc4c(cc3-c3ccccc3)C(/C=C(\Cc3ccccc3)c3ccccc3)CC4(CCC(C)C)CCC(C)C)cc2)c2c(C)cc(C)cc2C)c(C)c1.Cc1cc(C)c([B]c2c(C)cc(C)cc2C)c(C)c1. The Balaban J connectivity index is 0.000000377. The van der Waals surface area contributed by atoms with Gasteiger partial charge in [0.25, 0.3) is 0 Å². The predicted octanol–water partition coefficient (Wildman–Crippen LogP) is 18.5. The molecule has 0 bridgehead atoms. The topological polar surface area (TPSA) is 0 Å². The third-order valence-corrected chi connectivity index (χ3v) is 18.4. The molecule has 0 N–H and O–H groups in total. The molecule has 1 atom stereocenters. The molecule has 0 amide bonds. The number of allylic oxidation sites excluding steroid dienone is 2. The molecule has 0 fully saturated rings. The molecule has 84 heavy (non-hydrogen) atoms. The van der Waals surface area contributed by atoms with E-state index in [0.717, 1.165) is 12.8 Å². The quantitative estimate of drug-likeness (QED) is 0.0797. The molecule has 9 aromatic rings.